The van der Waals surface area contributed by atoms with Crippen LogP contribution >= 0.6 is 0 Å². The molecule has 3 nitrogen and oxygen atoms in total. The van der Waals surface area contributed by atoms with Crippen molar-refractivity contribution in [3.63, 3.8) is 0 Å². The van der Waals surface area contributed by atoms with Gasteiger partial charge in [-0.3, -0.25) is 4.98 Å². The Labute approximate surface area is 452 Å². The molecular formula is C74H46FN3. The highest BCUT2D eigenvalue weighted by atomic mass is 19.1. The van der Waals surface area contributed by atoms with Crippen molar-refractivity contribution in [2.75, 3.05) is 9.80 Å². The summed E-state index contributed by atoms with van der Waals surface area (Å²) in [6.07, 6.45) is 3.73. The van der Waals surface area contributed by atoms with E-state index in [9.17, 15) is 0 Å². The summed E-state index contributed by atoms with van der Waals surface area (Å²) in [5.74, 6) is -0.292. The number of para-hydroxylation sites is 2. The predicted molar refractivity (Wildman–Crippen MR) is 320 cm³/mol. The van der Waals surface area contributed by atoms with Crippen LogP contribution in [0.4, 0.5) is 38.5 Å². The predicted octanol–water partition coefficient (Wildman–Crippen LogP) is 19.8. The van der Waals surface area contributed by atoms with Crippen LogP contribution in [0.2, 0.25) is 0 Å². The zero-order valence-electron chi connectivity index (χ0n) is 42.3. The second kappa shape index (κ2) is 17.2. The van der Waals surface area contributed by atoms with E-state index >= 15 is 4.39 Å². The summed E-state index contributed by atoms with van der Waals surface area (Å²) in [5.41, 5.74) is 24.1. The molecule has 0 amide bonds. The summed E-state index contributed by atoms with van der Waals surface area (Å²) in [4.78, 5) is 8.89. The van der Waals surface area contributed by atoms with Gasteiger partial charge in [-0.15, -0.1) is 0 Å². The number of hydrogen-bond acceptors (Lipinski definition) is 3. The third-order valence-electron chi connectivity index (χ3n) is 16.7. The Morgan fingerprint density at radius 3 is 1.37 bits per heavy atom. The van der Waals surface area contributed by atoms with Gasteiger partial charge in [-0.05, 0) is 172 Å². The second-order valence-corrected chi connectivity index (χ2v) is 20.6. The van der Waals surface area contributed by atoms with Crippen LogP contribution in [0.3, 0.4) is 0 Å². The number of hydrogen-bond donors (Lipinski definition) is 0. The Bertz CT molecular complexity index is 4480. The van der Waals surface area contributed by atoms with E-state index < -0.39 is 5.41 Å². The van der Waals surface area contributed by atoms with E-state index in [1.165, 1.54) is 88.3 Å². The average molecular weight is 996 g/mol. The fraction of sp³-hybridized carbons (Fsp3) is 0.0135. The van der Waals surface area contributed by atoms with Crippen molar-refractivity contribution in [1.29, 1.82) is 0 Å². The minimum atomic E-state index is -0.543. The van der Waals surface area contributed by atoms with E-state index in [2.05, 4.69) is 251 Å². The average Bonchev–Trinajstić information content (AvgIpc) is 2.65. The molecule has 364 valence electrons. The number of fused-ring (bicyclic) bond motifs is 14. The van der Waals surface area contributed by atoms with Crippen LogP contribution in [0, 0.1) is 5.82 Å². The van der Waals surface area contributed by atoms with E-state index in [-0.39, 0.29) is 5.82 Å². The number of rotatable bonds is 8. The van der Waals surface area contributed by atoms with Crippen LogP contribution < -0.4 is 9.80 Å². The Kier molecular flexibility index (Phi) is 9.73. The molecule has 0 atom stereocenters. The van der Waals surface area contributed by atoms with Crippen molar-refractivity contribution < 1.29 is 4.39 Å². The Morgan fingerprint density at radius 1 is 0.308 bits per heavy atom. The molecule has 78 heavy (non-hydrogen) atoms. The summed E-state index contributed by atoms with van der Waals surface area (Å²) in [6.45, 7) is 0. The van der Waals surface area contributed by atoms with Gasteiger partial charge in [-0.25, -0.2) is 4.39 Å². The minimum Gasteiger partial charge on any atom is -0.309 e. The molecule has 4 heteroatoms. The van der Waals surface area contributed by atoms with Crippen molar-refractivity contribution in [3.8, 4) is 66.8 Å². The standard InChI is InChI=1S/C74H46FN3/c75-65-34-12-13-35-66(65)78(67-36-16-33-64-71(67)58-27-8-11-32-63(58)74(64)61-30-9-6-23-54(61)55-24-7-10-31-62(55)74)52-43-39-49(40-44-52)70-57-26-5-4-25-56(57)69(72-59-28-14-18-47-19-15-29-60(68(47)59)73(70)72)48-37-41-51(42-38-48)77(50-20-2-1-3-21-50)53-22-17-45-76-46-53/h1-46H. The Balaban J connectivity index is 0.889. The lowest BCUT2D eigenvalue weighted by atomic mass is 9.70. The quantitative estimate of drug-likeness (QED) is 0.151. The number of benzene rings is 12. The molecule has 0 N–H and O–H groups in total. The molecule has 0 radical (unpaired) electrons. The summed E-state index contributed by atoms with van der Waals surface area (Å²) in [6, 6.07) is 95.2. The fourth-order valence-corrected chi connectivity index (χ4v) is 13.8. The van der Waals surface area contributed by atoms with Crippen LogP contribution in [0.25, 0.3) is 88.3 Å². The molecule has 3 aliphatic rings. The van der Waals surface area contributed by atoms with Gasteiger partial charge in [0.2, 0.25) is 0 Å². The van der Waals surface area contributed by atoms with E-state index in [4.69, 9.17) is 0 Å². The number of halogens is 1. The molecular weight excluding hydrogens is 950 g/mol. The van der Waals surface area contributed by atoms with E-state index in [1.54, 1.807) is 12.1 Å². The van der Waals surface area contributed by atoms with Crippen LogP contribution in [-0.2, 0) is 5.41 Å². The smallest absolute Gasteiger partial charge is 0.147 e. The van der Waals surface area contributed by atoms with Gasteiger partial charge in [0.1, 0.15) is 5.82 Å². The molecule has 12 aromatic carbocycles. The molecule has 0 saturated heterocycles. The Hall–Kier alpha value is -10.2. The van der Waals surface area contributed by atoms with Crippen LogP contribution in [0.5, 0.6) is 0 Å². The lowest BCUT2D eigenvalue weighted by Crippen LogP contribution is -2.26. The molecule has 13 aromatic rings. The largest absolute Gasteiger partial charge is 0.309 e. The normalized spacial score (nSPS) is 12.8. The maximum atomic E-state index is 16.8. The van der Waals surface area contributed by atoms with Gasteiger partial charge in [0.15, 0.2) is 0 Å². The highest BCUT2D eigenvalue weighted by Crippen LogP contribution is 2.65. The van der Waals surface area contributed by atoms with Crippen LogP contribution in [0.1, 0.15) is 22.3 Å². The summed E-state index contributed by atoms with van der Waals surface area (Å²) < 4.78 is 16.8. The molecule has 1 spiro atoms. The second-order valence-electron chi connectivity index (χ2n) is 20.6. The molecule has 1 aromatic heterocycles. The lowest BCUT2D eigenvalue weighted by Gasteiger charge is -2.32. The number of anilines is 6. The van der Waals surface area contributed by atoms with Crippen molar-refractivity contribution in [2.24, 2.45) is 0 Å². The zero-order valence-corrected chi connectivity index (χ0v) is 42.3. The molecule has 0 unspecified atom stereocenters. The van der Waals surface area contributed by atoms with E-state index in [0.717, 1.165) is 50.7 Å². The molecule has 16 rings (SSSR count). The van der Waals surface area contributed by atoms with Crippen molar-refractivity contribution in [1.82, 2.24) is 4.98 Å². The van der Waals surface area contributed by atoms with Gasteiger partial charge in [-0.1, -0.05) is 200 Å². The first-order chi connectivity index (χ1) is 38.7. The molecule has 3 aliphatic carbocycles. The van der Waals surface area contributed by atoms with Crippen LogP contribution in [0.15, 0.2) is 279 Å². The SMILES string of the molecule is Fc1ccccc1N(c1ccc(-c2c3c(c(-c4ccc(N(c5ccccc5)c5cccnc5)cc4)c4ccccc24)-c2cccc4cccc-3c24)cc1)c1cccc2c1-c1ccccc1C21c2ccccc2-c2ccccc21. The highest BCUT2D eigenvalue weighted by Gasteiger charge is 2.52. The third-order valence-corrected chi connectivity index (χ3v) is 16.7. The molecule has 0 fully saturated rings. The summed E-state index contributed by atoms with van der Waals surface area (Å²) in [7, 11) is 0. The maximum Gasteiger partial charge on any atom is 0.147 e. The topological polar surface area (TPSA) is 19.4 Å². The first-order valence-electron chi connectivity index (χ1n) is 26.7. The monoisotopic (exact) mass is 995 g/mol. The first-order valence-corrected chi connectivity index (χ1v) is 26.7. The van der Waals surface area contributed by atoms with Gasteiger partial charge in [0, 0.05) is 28.8 Å². The molecule has 0 bridgehead atoms. The molecule has 0 aliphatic heterocycles. The van der Waals surface area contributed by atoms with Crippen molar-refractivity contribution in [3.05, 3.63) is 307 Å². The molecule has 1 heterocycles. The van der Waals surface area contributed by atoms with Gasteiger partial charge < -0.3 is 9.80 Å². The zero-order chi connectivity index (χ0) is 51.5. The van der Waals surface area contributed by atoms with Crippen molar-refractivity contribution >= 4 is 55.7 Å². The van der Waals surface area contributed by atoms with E-state index in [1.807, 2.05) is 30.6 Å². The lowest BCUT2D eigenvalue weighted by molar-refractivity contribution is 0.629. The van der Waals surface area contributed by atoms with Gasteiger partial charge >= 0.3 is 0 Å². The minimum absolute atomic E-state index is 0.292. The number of pyridine rings is 1. The molecule has 0 saturated carbocycles. The van der Waals surface area contributed by atoms with Gasteiger partial charge in [0.25, 0.3) is 0 Å². The van der Waals surface area contributed by atoms with Gasteiger partial charge in [-0.2, -0.15) is 0 Å². The van der Waals surface area contributed by atoms with E-state index in [0.29, 0.717) is 5.69 Å². The number of aromatic nitrogens is 1. The Morgan fingerprint density at radius 2 is 0.769 bits per heavy atom. The van der Waals surface area contributed by atoms with Crippen LogP contribution in [-0.4, -0.2) is 4.98 Å². The highest BCUT2D eigenvalue weighted by molar-refractivity contribution is 6.27. The van der Waals surface area contributed by atoms with Gasteiger partial charge in [0.05, 0.1) is 28.7 Å². The third kappa shape index (κ3) is 6.23. The summed E-state index contributed by atoms with van der Waals surface area (Å²) in [5, 5.41) is 4.82. The maximum absolute atomic E-state index is 16.8. The summed E-state index contributed by atoms with van der Waals surface area (Å²) >= 11 is 0. The first kappa shape index (κ1) is 44.2. The van der Waals surface area contributed by atoms with Crippen molar-refractivity contribution in [2.45, 2.75) is 5.41 Å². The number of nitrogens with zero attached hydrogens (tertiary/aromatic N) is 3. The fourth-order valence-electron chi connectivity index (χ4n) is 13.8.